The van der Waals surface area contributed by atoms with Crippen LogP contribution in [0, 0.1) is 0 Å². The van der Waals surface area contributed by atoms with Gasteiger partial charge in [0.05, 0.1) is 51.2 Å². The molecule has 0 aliphatic carbocycles. The number of nitrogens with zero attached hydrogens (tertiary/aromatic N) is 6. The largest absolute Gasteiger partial charge is 0.396 e. The Morgan fingerprint density at radius 1 is 0.676 bits per heavy atom. The summed E-state index contributed by atoms with van der Waals surface area (Å²) in [5.74, 6) is 0. The number of ether oxygens (including phenoxy) is 3. The molecule has 0 aromatic heterocycles. The highest BCUT2D eigenvalue weighted by Crippen LogP contribution is 2.22. The number of azide groups is 2. The highest BCUT2D eigenvalue weighted by atomic mass is 16.6. The SMILES string of the molecule is [N-]=[N+]=N[C@@H]([C@H](OCc1ccccc1)[C@@H](COCc1ccccc1)OCc1ccccc1)[C@@H](CO)N=[N+]=[N-]. The molecule has 10 nitrogen and oxygen atoms in total. The van der Waals surface area contributed by atoms with Gasteiger partial charge in [-0.1, -0.05) is 101 Å². The number of hydrogen-bond acceptors (Lipinski definition) is 6. The number of rotatable bonds is 16. The van der Waals surface area contributed by atoms with E-state index in [9.17, 15) is 10.6 Å². The lowest BCUT2D eigenvalue weighted by atomic mass is 9.99. The Morgan fingerprint density at radius 2 is 1.16 bits per heavy atom. The van der Waals surface area contributed by atoms with E-state index in [0.29, 0.717) is 6.61 Å². The average Bonchev–Trinajstić information content (AvgIpc) is 2.95. The molecule has 0 spiro atoms. The summed E-state index contributed by atoms with van der Waals surface area (Å²) in [4.78, 5) is 5.77. The van der Waals surface area contributed by atoms with Crippen LogP contribution >= 0.6 is 0 Å². The third-order valence-electron chi connectivity index (χ3n) is 5.66. The van der Waals surface area contributed by atoms with Crippen LogP contribution < -0.4 is 0 Å². The highest BCUT2D eigenvalue weighted by Gasteiger charge is 2.36. The number of aliphatic hydroxyl groups is 1. The first-order valence-corrected chi connectivity index (χ1v) is 11.9. The molecule has 1 N–H and O–H groups in total. The van der Waals surface area contributed by atoms with E-state index in [1.165, 1.54) is 0 Å². The van der Waals surface area contributed by atoms with Gasteiger partial charge in [0.15, 0.2) is 0 Å². The van der Waals surface area contributed by atoms with E-state index in [1.54, 1.807) is 0 Å². The fraction of sp³-hybridized carbons (Fsp3) is 0.333. The quantitative estimate of drug-likeness (QED) is 0.151. The lowest BCUT2D eigenvalue weighted by Gasteiger charge is -2.33. The molecule has 37 heavy (non-hydrogen) atoms. The van der Waals surface area contributed by atoms with Crippen molar-refractivity contribution in [3.8, 4) is 0 Å². The van der Waals surface area contributed by atoms with Crippen molar-refractivity contribution in [2.45, 2.75) is 44.1 Å². The predicted octanol–water partition coefficient (Wildman–Crippen LogP) is 5.72. The van der Waals surface area contributed by atoms with Crippen molar-refractivity contribution in [1.82, 2.24) is 0 Å². The van der Waals surface area contributed by atoms with Crippen LogP contribution in [0.3, 0.4) is 0 Å². The summed E-state index contributed by atoms with van der Waals surface area (Å²) >= 11 is 0. The fourth-order valence-corrected chi connectivity index (χ4v) is 3.78. The van der Waals surface area contributed by atoms with Gasteiger partial charge in [-0.05, 0) is 27.8 Å². The van der Waals surface area contributed by atoms with E-state index in [4.69, 9.17) is 19.7 Å². The monoisotopic (exact) mass is 502 g/mol. The van der Waals surface area contributed by atoms with Crippen molar-refractivity contribution in [1.29, 1.82) is 0 Å². The average molecular weight is 503 g/mol. The van der Waals surface area contributed by atoms with Gasteiger partial charge in [0.1, 0.15) is 6.10 Å². The summed E-state index contributed by atoms with van der Waals surface area (Å²) in [5.41, 5.74) is 21.2. The first kappa shape index (κ1) is 27.7. The fourth-order valence-electron chi connectivity index (χ4n) is 3.78. The first-order chi connectivity index (χ1) is 18.2. The maximum absolute atomic E-state index is 9.93. The van der Waals surface area contributed by atoms with Crippen molar-refractivity contribution >= 4 is 0 Å². The highest BCUT2D eigenvalue weighted by molar-refractivity contribution is 5.15. The van der Waals surface area contributed by atoms with Crippen molar-refractivity contribution in [3.63, 3.8) is 0 Å². The molecule has 10 heteroatoms. The minimum Gasteiger partial charge on any atom is -0.396 e. The van der Waals surface area contributed by atoms with Crippen molar-refractivity contribution < 1.29 is 19.3 Å². The smallest absolute Gasteiger partial charge is 0.108 e. The van der Waals surface area contributed by atoms with Gasteiger partial charge in [0.25, 0.3) is 0 Å². The summed E-state index contributed by atoms with van der Waals surface area (Å²) in [5, 5.41) is 17.4. The number of hydrogen-bond donors (Lipinski definition) is 1. The van der Waals surface area contributed by atoms with E-state index in [0.717, 1.165) is 16.7 Å². The Balaban J connectivity index is 1.88. The number of aliphatic hydroxyl groups excluding tert-OH is 1. The van der Waals surface area contributed by atoms with E-state index in [-0.39, 0.29) is 19.8 Å². The lowest BCUT2D eigenvalue weighted by Crippen LogP contribution is -2.48. The second-order valence-corrected chi connectivity index (χ2v) is 8.25. The summed E-state index contributed by atoms with van der Waals surface area (Å²) in [7, 11) is 0. The molecule has 192 valence electrons. The molecular formula is C27H30N6O4. The van der Waals surface area contributed by atoms with Crippen LogP contribution in [0.1, 0.15) is 16.7 Å². The summed E-state index contributed by atoms with van der Waals surface area (Å²) in [6, 6.07) is 26.7. The molecule has 0 heterocycles. The maximum Gasteiger partial charge on any atom is 0.108 e. The lowest BCUT2D eigenvalue weighted by molar-refractivity contribution is -0.127. The Labute approximate surface area is 215 Å². The van der Waals surface area contributed by atoms with Gasteiger partial charge in [-0.3, -0.25) is 0 Å². The Hall–Kier alpha value is -3.88. The zero-order valence-electron chi connectivity index (χ0n) is 20.4. The molecule has 0 saturated carbocycles. The molecule has 4 atom stereocenters. The molecule has 0 aliphatic rings. The standard InChI is InChI=1S/C27H30N6O4/c28-32-30-24(16-34)26(31-33-29)27(37-19-23-14-8-3-9-15-23)25(36-18-22-12-6-2-7-13-22)20-35-17-21-10-4-1-5-11-21/h1-15,24-27,34H,16-20H2/t24-,25-,26-,27-/m1/s1. The van der Waals surface area contributed by atoms with E-state index in [2.05, 4.69) is 20.1 Å². The number of benzene rings is 3. The molecule has 0 radical (unpaired) electrons. The predicted molar refractivity (Wildman–Crippen MR) is 139 cm³/mol. The van der Waals surface area contributed by atoms with Crippen LogP contribution in [0.2, 0.25) is 0 Å². The second-order valence-electron chi connectivity index (χ2n) is 8.25. The van der Waals surface area contributed by atoms with Crippen LogP contribution in [0.25, 0.3) is 20.9 Å². The van der Waals surface area contributed by atoms with Crippen LogP contribution in [-0.2, 0) is 34.0 Å². The van der Waals surface area contributed by atoms with Gasteiger partial charge in [-0.2, -0.15) is 0 Å². The van der Waals surface area contributed by atoms with E-state index < -0.39 is 30.9 Å². The van der Waals surface area contributed by atoms with Gasteiger partial charge in [-0.15, -0.1) is 0 Å². The molecule has 3 aromatic rings. The van der Waals surface area contributed by atoms with Crippen LogP contribution in [-0.4, -0.2) is 42.6 Å². The molecule has 0 saturated heterocycles. The zero-order chi connectivity index (χ0) is 26.1. The minimum atomic E-state index is -1.06. The van der Waals surface area contributed by atoms with Gasteiger partial charge in [0.2, 0.25) is 0 Å². The summed E-state index contributed by atoms with van der Waals surface area (Å²) in [6.07, 6.45) is -1.61. The Morgan fingerprint density at radius 3 is 1.65 bits per heavy atom. The maximum atomic E-state index is 9.93. The van der Waals surface area contributed by atoms with Gasteiger partial charge >= 0.3 is 0 Å². The van der Waals surface area contributed by atoms with E-state index >= 15 is 0 Å². The minimum absolute atomic E-state index is 0.104. The van der Waals surface area contributed by atoms with Crippen LogP contribution in [0.5, 0.6) is 0 Å². The van der Waals surface area contributed by atoms with Gasteiger partial charge in [-0.25, -0.2) is 0 Å². The first-order valence-electron chi connectivity index (χ1n) is 11.9. The molecule has 0 aliphatic heterocycles. The third kappa shape index (κ3) is 9.25. The third-order valence-corrected chi connectivity index (χ3v) is 5.66. The molecule has 3 rings (SSSR count). The summed E-state index contributed by atoms with van der Waals surface area (Å²) < 4.78 is 18.5. The summed E-state index contributed by atoms with van der Waals surface area (Å²) in [6.45, 7) is 0.340. The molecule has 3 aromatic carbocycles. The van der Waals surface area contributed by atoms with E-state index in [1.807, 2.05) is 91.0 Å². The van der Waals surface area contributed by atoms with Crippen LogP contribution in [0.15, 0.2) is 101 Å². The molecule has 0 fully saturated rings. The van der Waals surface area contributed by atoms with Gasteiger partial charge < -0.3 is 19.3 Å². The molecule has 0 bridgehead atoms. The Kier molecular flexibility index (Phi) is 12.0. The van der Waals surface area contributed by atoms with Crippen molar-refractivity contribution in [3.05, 3.63) is 129 Å². The Bertz CT molecular complexity index is 1140. The molecular weight excluding hydrogens is 472 g/mol. The molecule has 0 unspecified atom stereocenters. The van der Waals surface area contributed by atoms with Crippen molar-refractivity contribution in [2.24, 2.45) is 10.2 Å². The topological polar surface area (TPSA) is 145 Å². The zero-order valence-corrected chi connectivity index (χ0v) is 20.4. The normalized spacial score (nSPS) is 14.0. The second kappa shape index (κ2) is 16.0. The van der Waals surface area contributed by atoms with Gasteiger partial charge in [0, 0.05) is 9.82 Å². The van der Waals surface area contributed by atoms with Crippen LogP contribution in [0.4, 0.5) is 0 Å². The van der Waals surface area contributed by atoms with Crippen molar-refractivity contribution in [2.75, 3.05) is 13.2 Å². The molecule has 0 amide bonds.